The maximum atomic E-state index is 10.1. The van der Waals surface area contributed by atoms with E-state index >= 15 is 0 Å². The SMILES string of the molecule is [2H]C([2H])(C(=O)O)C(C)Br. The van der Waals surface area contributed by atoms with E-state index in [0.717, 1.165) is 0 Å². The van der Waals surface area contributed by atoms with E-state index in [1.54, 1.807) is 0 Å². The van der Waals surface area contributed by atoms with E-state index < -0.39 is 17.2 Å². The Hall–Kier alpha value is -0.0500. The largest absolute Gasteiger partial charge is 0.481 e. The average Bonchev–Trinajstić information content (AvgIpc) is 1.65. The minimum Gasteiger partial charge on any atom is -0.481 e. The summed E-state index contributed by atoms with van der Waals surface area (Å²) in [7, 11) is 0. The van der Waals surface area contributed by atoms with E-state index in [1.807, 2.05) is 0 Å². The van der Waals surface area contributed by atoms with Crippen molar-refractivity contribution >= 4 is 21.9 Å². The molecule has 1 unspecified atom stereocenters. The molecule has 0 bridgehead atoms. The number of hydrogen-bond acceptors (Lipinski definition) is 1. The molecular weight excluding hydrogens is 160 g/mol. The monoisotopic (exact) mass is 168 g/mol. The Kier molecular flexibility index (Phi) is 1.68. The van der Waals surface area contributed by atoms with Crippen LogP contribution in [0.2, 0.25) is 0 Å². The summed E-state index contributed by atoms with van der Waals surface area (Å²) in [5.41, 5.74) is 0. The summed E-state index contributed by atoms with van der Waals surface area (Å²) in [6, 6.07) is 0. The van der Waals surface area contributed by atoms with Crippen molar-refractivity contribution in [3.8, 4) is 0 Å². The van der Waals surface area contributed by atoms with Gasteiger partial charge in [0.05, 0.1) is 6.37 Å². The van der Waals surface area contributed by atoms with Gasteiger partial charge in [0.2, 0.25) is 0 Å². The highest BCUT2D eigenvalue weighted by Crippen LogP contribution is 2.01. The molecule has 0 amide bonds. The molecule has 0 aliphatic heterocycles. The molecule has 1 atom stereocenters. The van der Waals surface area contributed by atoms with E-state index in [0.29, 0.717) is 0 Å². The minimum atomic E-state index is -2.17. The molecule has 0 aliphatic rings. The van der Waals surface area contributed by atoms with Crippen LogP contribution in [0.3, 0.4) is 0 Å². The molecule has 0 rings (SSSR count). The highest BCUT2D eigenvalue weighted by molar-refractivity contribution is 9.09. The predicted molar refractivity (Wildman–Crippen MR) is 30.6 cm³/mol. The quantitative estimate of drug-likeness (QED) is 0.631. The standard InChI is InChI=1S/C4H7BrO2/c1-3(5)2-4(6)7/h3H,2H2,1H3,(H,6,7)/i2D2. The van der Waals surface area contributed by atoms with E-state index in [9.17, 15) is 4.79 Å². The second kappa shape index (κ2) is 3.02. The maximum absolute atomic E-state index is 10.1. The number of carbonyl (C=O) groups is 1. The number of halogens is 1. The van der Waals surface area contributed by atoms with Crippen LogP contribution in [0.5, 0.6) is 0 Å². The molecule has 3 heteroatoms. The van der Waals surface area contributed by atoms with Crippen LogP contribution in [0, 0.1) is 0 Å². The summed E-state index contributed by atoms with van der Waals surface area (Å²) < 4.78 is 13.7. The third-order valence-corrected chi connectivity index (χ3v) is 0.551. The Morgan fingerprint density at radius 2 is 2.71 bits per heavy atom. The molecule has 0 fully saturated rings. The van der Waals surface area contributed by atoms with E-state index in [4.69, 9.17) is 7.85 Å². The molecule has 0 radical (unpaired) electrons. The van der Waals surface area contributed by atoms with Gasteiger partial charge in [-0.25, -0.2) is 0 Å². The molecule has 0 heterocycles. The van der Waals surface area contributed by atoms with Crippen LogP contribution < -0.4 is 0 Å². The fourth-order valence-electron chi connectivity index (χ4n) is 0.170. The molecule has 42 valence electrons. The Morgan fingerprint density at radius 1 is 2.29 bits per heavy atom. The molecule has 7 heavy (non-hydrogen) atoms. The van der Waals surface area contributed by atoms with Crippen LogP contribution in [0.15, 0.2) is 0 Å². The number of hydrogen-bond donors (Lipinski definition) is 1. The highest BCUT2D eigenvalue weighted by atomic mass is 79.9. The first-order chi connectivity index (χ1) is 3.89. The Morgan fingerprint density at radius 3 is 2.71 bits per heavy atom. The summed E-state index contributed by atoms with van der Waals surface area (Å²) in [5, 5.41) is 8.21. The van der Waals surface area contributed by atoms with Gasteiger partial charge in [0.1, 0.15) is 0 Å². The van der Waals surface area contributed by atoms with Crippen LogP contribution in [0.25, 0.3) is 0 Å². The number of rotatable bonds is 2. The minimum absolute atomic E-state index is 0.664. The molecular formula is C4H7BrO2. The Balaban J connectivity index is 4.19. The summed E-state index contributed by atoms with van der Waals surface area (Å²) >= 11 is 2.84. The summed E-state index contributed by atoms with van der Waals surface area (Å²) in [5.74, 6) is -1.44. The third kappa shape index (κ3) is 5.95. The van der Waals surface area contributed by atoms with Gasteiger partial charge in [0.25, 0.3) is 0 Å². The van der Waals surface area contributed by atoms with Gasteiger partial charge in [0.15, 0.2) is 0 Å². The number of aliphatic carboxylic acids is 1. The fourth-order valence-corrected chi connectivity index (χ4v) is 0.366. The number of carboxylic acid groups (broad SMARTS) is 1. The molecule has 0 aromatic rings. The molecule has 0 aliphatic carbocycles. The lowest BCUT2D eigenvalue weighted by Crippen LogP contribution is -2.01. The van der Waals surface area contributed by atoms with Crippen LogP contribution in [-0.2, 0) is 4.79 Å². The van der Waals surface area contributed by atoms with Crippen molar-refractivity contribution in [1.29, 1.82) is 0 Å². The van der Waals surface area contributed by atoms with Gasteiger partial charge in [-0.1, -0.05) is 22.9 Å². The van der Waals surface area contributed by atoms with Gasteiger partial charge in [-0.2, -0.15) is 0 Å². The van der Waals surface area contributed by atoms with Crippen LogP contribution >= 0.6 is 15.9 Å². The van der Waals surface area contributed by atoms with Crippen LogP contribution in [-0.4, -0.2) is 15.9 Å². The second-order valence-electron chi connectivity index (χ2n) is 1.07. The van der Waals surface area contributed by atoms with Gasteiger partial charge in [-0.05, 0) is 0 Å². The molecule has 0 saturated heterocycles. The van der Waals surface area contributed by atoms with Crippen molar-refractivity contribution in [2.24, 2.45) is 0 Å². The van der Waals surface area contributed by atoms with Crippen LogP contribution in [0.4, 0.5) is 0 Å². The average molecular weight is 169 g/mol. The first-order valence-corrected chi connectivity index (χ1v) is 2.68. The molecule has 0 spiro atoms. The van der Waals surface area contributed by atoms with Crippen molar-refractivity contribution in [2.45, 2.75) is 18.1 Å². The normalized spacial score (nSPS) is 19.7. The predicted octanol–water partition coefficient (Wildman–Crippen LogP) is 1.24. The van der Waals surface area contributed by atoms with Crippen molar-refractivity contribution in [1.82, 2.24) is 0 Å². The smallest absolute Gasteiger partial charge is 0.304 e. The lowest BCUT2D eigenvalue weighted by Gasteiger charge is -1.92. The lowest BCUT2D eigenvalue weighted by atomic mass is 10.3. The van der Waals surface area contributed by atoms with Crippen molar-refractivity contribution in [2.75, 3.05) is 0 Å². The van der Waals surface area contributed by atoms with Crippen molar-refractivity contribution in [3.63, 3.8) is 0 Å². The summed E-state index contributed by atoms with van der Waals surface area (Å²) in [4.78, 5) is 9.39. The Bertz CT molecular complexity index is 124. The molecule has 0 aromatic carbocycles. The van der Waals surface area contributed by atoms with Gasteiger partial charge in [-0.3, -0.25) is 4.79 Å². The zero-order valence-electron chi connectivity index (χ0n) is 5.81. The second-order valence-corrected chi connectivity index (χ2v) is 2.44. The first-order valence-electron chi connectivity index (χ1n) is 2.76. The van der Waals surface area contributed by atoms with E-state index in [2.05, 4.69) is 15.9 Å². The molecule has 0 saturated carbocycles. The fraction of sp³-hybridized carbons (Fsp3) is 0.750. The van der Waals surface area contributed by atoms with Crippen molar-refractivity contribution < 1.29 is 12.6 Å². The zero-order chi connectivity index (χ0) is 7.65. The molecule has 2 nitrogen and oxygen atoms in total. The summed E-state index contributed by atoms with van der Waals surface area (Å²) in [6.07, 6.45) is -2.17. The van der Waals surface area contributed by atoms with Crippen LogP contribution in [0.1, 0.15) is 16.0 Å². The highest BCUT2D eigenvalue weighted by Gasteiger charge is 2.00. The van der Waals surface area contributed by atoms with Crippen molar-refractivity contribution in [3.05, 3.63) is 0 Å². The topological polar surface area (TPSA) is 37.3 Å². The zero-order valence-corrected chi connectivity index (χ0v) is 5.40. The Labute approximate surface area is 53.5 Å². The first kappa shape index (κ1) is 3.89. The number of alkyl halides is 1. The summed E-state index contributed by atoms with van der Waals surface area (Å²) in [6.45, 7) is 1.45. The molecule has 1 N–H and O–H groups in total. The van der Waals surface area contributed by atoms with E-state index in [-0.39, 0.29) is 0 Å². The lowest BCUT2D eigenvalue weighted by molar-refractivity contribution is -0.136. The van der Waals surface area contributed by atoms with Gasteiger partial charge < -0.3 is 5.11 Å². The van der Waals surface area contributed by atoms with Gasteiger partial charge in [-0.15, -0.1) is 0 Å². The van der Waals surface area contributed by atoms with Gasteiger partial charge >= 0.3 is 5.97 Å². The van der Waals surface area contributed by atoms with E-state index in [1.165, 1.54) is 6.92 Å². The maximum Gasteiger partial charge on any atom is 0.304 e. The number of carboxylic acids is 1. The third-order valence-electron chi connectivity index (χ3n) is 0.322. The van der Waals surface area contributed by atoms with Gasteiger partial charge in [0, 0.05) is 7.57 Å². The molecule has 0 aromatic heterocycles.